The van der Waals surface area contributed by atoms with Gasteiger partial charge in [0.25, 0.3) is 5.91 Å². The van der Waals surface area contributed by atoms with Gasteiger partial charge < -0.3 is 19.7 Å². The number of amides is 2. The molecule has 3 rings (SSSR count). The minimum Gasteiger partial charge on any atom is -0.493 e. The molecule has 0 aliphatic carbocycles. The molecule has 1 fully saturated rings. The van der Waals surface area contributed by atoms with Crippen molar-refractivity contribution in [3.63, 3.8) is 0 Å². The zero-order chi connectivity index (χ0) is 22.4. The molecule has 166 valence electrons. The quantitative estimate of drug-likeness (QED) is 0.677. The van der Waals surface area contributed by atoms with Gasteiger partial charge in [0.1, 0.15) is 0 Å². The van der Waals surface area contributed by atoms with Crippen molar-refractivity contribution >= 4 is 17.9 Å². The fourth-order valence-electron chi connectivity index (χ4n) is 3.31. The number of nitrogens with zero attached hydrogens (tertiary/aromatic N) is 3. The smallest absolute Gasteiger partial charge is 0.387 e. The summed E-state index contributed by atoms with van der Waals surface area (Å²) in [7, 11) is 3.10. The van der Waals surface area contributed by atoms with Crippen LogP contribution < -0.4 is 14.8 Å². The normalized spacial score (nSPS) is 14.8. The largest absolute Gasteiger partial charge is 0.493 e. The van der Waals surface area contributed by atoms with Crippen LogP contribution in [-0.4, -0.2) is 59.3 Å². The summed E-state index contributed by atoms with van der Waals surface area (Å²) in [5.41, 5.74) is 1.12. The highest BCUT2D eigenvalue weighted by Gasteiger charge is 2.23. The number of aromatic nitrogens is 2. The number of methoxy groups -OCH3 is 1. The van der Waals surface area contributed by atoms with Gasteiger partial charge in [0.2, 0.25) is 5.91 Å². The van der Waals surface area contributed by atoms with Crippen molar-refractivity contribution in [2.45, 2.75) is 25.5 Å². The summed E-state index contributed by atoms with van der Waals surface area (Å²) in [5, 5.41) is 6.96. The lowest BCUT2D eigenvalue weighted by Crippen LogP contribution is -2.46. The molecule has 0 bridgehead atoms. The maximum absolute atomic E-state index is 12.5. The third-order valence-electron chi connectivity index (χ3n) is 4.93. The Balaban J connectivity index is 1.51. The zero-order valence-electron chi connectivity index (χ0n) is 17.3. The lowest BCUT2D eigenvalue weighted by atomic mass is 10.0. The van der Waals surface area contributed by atoms with Gasteiger partial charge in [0, 0.05) is 38.5 Å². The third kappa shape index (κ3) is 6.03. The molecule has 0 spiro atoms. The van der Waals surface area contributed by atoms with Gasteiger partial charge in [0.15, 0.2) is 11.5 Å². The van der Waals surface area contributed by atoms with Crippen molar-refractivity contribution in [2.24, 2.45) is 7.05 Å². The van der Waals surface area contributed by atoms with Crippen LogP contribution in [0.15, 0.2) is 36.7 Å². The number of alkyl halides is 2. The Morgan fingerprint density at radius 3 is 2.61 bits per heavy atom. The van der Waals surface area contributed by atoms with E-state index < -0.39 is 6.61 Å². The average Bonchev–Trinajstić information content (AvgIpc) is 3.19. The van der Waals surface area contributed by atoms with Crippen LogP contribution in [0.1, 0.15) is 28.8 Å². The van der Waals surface area contributed by atoms with Crippen LogP contribution in [0.5, 0.6) is 11.5 Å². The van der Waals surface area contributed by atoms with E-state index in [1.165, 1.54) is 31.5 Å². The molecule has 1 aliphatic rings. The van der Waals surface area contributed by atoms with Gasteiger partial charge in [-0.15, -0.1) is 0 Å². The van der Waals surface area contributed by atoms with Gasteiger partial charge in [-0.2, -0.15) is 13.9 Å². The standard InChI is InChI=1S/C21H24F2N4O4/c1-26-13-15(12-24-26)20(29)25-16-7-9-27(10-8-16)19(28)6-4-14-3-5-17(31-21(22)23)18(11-14)30-2/h3-6,11-13,16,21H,7-10H2,1-2H3,(H,25,29)/b6-4+. The van der Waals surface area contributed by atoms with Crippen LogP contribution in [0.3, 0.4) is 0 Å². The Hall–Kier alpha value is -3.43. The van der Waals surface area contributed by atoms with Crippen molar-refractivity contribution in [3.8, 4) is 11.5 Å². The van der Waals surface area contributed by atoms with Crippen LogP contribution in [0, 0.1) is 0 Å². The molecule has 1 saturated heterocycles. The van der Waals surface area contributed by atoms with Crippen LogP contribution in [0.25, 0.3) is 6.08 Å². The molecular formula is C21H24F2N4O4. The number of likely N-dealkylation sites (tertiary alicyclic amines) is 1. The number of carbonyl (C=O) groups is 2. The zero-order valence-corrected chi connectivity index (χ0v) is 17.3. The molecule has 2 aromatic rings. The van der Waals surface area contributed by atoms with Crippen molar-refractivity contribution < 1.29 is 27.8 Å². The number of hydrogen-bond donors (Lipinski definition) is 1. The molecular weight excluding hydrogens is 410 g/mol. The molecule has 10 heteroatoms. The molecule has 1 aromatic carbocycles. The second kappa shape index (κ2) is 10.1. The summed E-state index contributed by atoms with van der Waals surface area (Å²) in [5.74, 6) is -0.258. The summed E-state index contributed by atoms with van der Waals surface area (Å²) < 4.78 is 35.8. The van der Waals surface area contributed by atoms with E-state index in [1.54, 1.807) is 35.0 Å². The third-order valence-corrected chi connectivity index (χ3v) is 4.93. The molecule has 0 unspecified atom stereocenters. The van der Waals surface area contributed by atoms with Crippen LogP contribution >= 0.6 is 0 Å². The first-order valence-electron chi connectivity index (χ1n) is 9.75. The maximum Gasteiger partial charge on any atom is 0.387 e. The van der Waals surface area contributed by atoms with E-state index in [9.17, 15) is 18.4 Å². The van der Waals surface area contributed by atoms with E-state index in [0.717, 1.165) is 0 Å². The second-order valence-corrected chi connectivity index (χ2v) is 7.10. The van der Waals surface area contributed by atoms with E-state index in [0.29, 0.717) is 37.1 Å². The summed E-state index contributed by atoms with van der Waals surface area (Å²) in [6.45, 7) is -1.91. The Bertz CT molecular complexity index is 953. The first kappa shape index (κ1) is 22.3. The number of hydrogen-bond acceptors (Lipinski definition) is 5. The number of piperidine rings is 1. The average molecular weight is 434 g/mol. The highest BCUT2D eigenvalue weighted by atomic mass is 19.3. The Morgan fingerprint density at radius 1 is 1.26 bits per heavy atom. The first-order chi connectivity index (χ1) is 14.9. The van der Waals surface area contributed by atoms with Gasteiger partial charge in [-0.05, 0) is 36.6 Å². The van der Waals surface area contributed by atoms with Crippen molar-refractivity contribution in [1.29, 1.82) is 0 Å². The van der Waals surface area contributed by atoms with Gasteiger partial charge in [0.05, 0.1) is 18.9 Å². The molecule has 0 atom stereocenters. The minimum atomic E-state index is -2.95. The Morgan fingerprint density at radius 2 is 2.00 bits per heavy atom. The van der Waals surface area contributed by atoms with Gasteiger partial charge in [-0.1, -0.05) is 6.07 Å². The number of carbonyl (C=O) groups excluding carboxylic acids is 2. The summed E-state index contributed by atoms with van der Waals surface area (Å²) >= 11 is 0. The highest BCUT2D eigenvalue weighted by Crippen LogP contribution is 2.29. The lowest BCUT2D eigenvalue weighted by molar-refractivity contribution is -0.127. The fourth-order valence-corrected chi connectivity index (χ4v) is 3.31. The Kier molecular flexibility index (Phi) is 7.22. The second-order valence-electron chi connectivity index (χ2n) is 7.10. The van der Waals surface area contributed by atoms with E-state index in [1.807, 2.05) is 0 Å². The number of nitrogens with one attached hydrogen (secondary N) is 1. The Labute approximate surface area is 178 Å². The molecule has 8 nitrogen and oxygen atoms in total. The van der Waals surface area contributed by atoms with Crippen LogP contribution in [0.4, 0.5) is 8.78 Å². The number of ether oxygens (including phenoxy) is 2. The predicted octanol–water partition coefficient (Wildman–Crippen LogP) is 2.46. The summed E-state index contributed by atoms with van der Waals surface area (Å²) in [6, 6.07) is 4.43. The monoisotopic (exact) mass is 434 g/mol. The molecule has 0 radical (unpaired) electrons. The number of benzene rings is 1. The molecule has 2 amide bonds. The van der Waals surface area contributed by atoms with Crippen LogP contribution in [-0.2, 0) is 11.8 Å². The molecule has 0 saturated carbocycles. The van der Waals surface area contributed by atoms with E-state index in [-0.39, 0.29) is 29.4 Å². The minimum absolute atomic E-state index is 0.00706. The van der Waals surface area contributed by atoms with E-state index >= 15 is 0 Å². The maximum atomic E-state index is 12.5. The first-order valence-corrected chi connectivity index (χ1v) is 9.75. The molecule has 31 heavy (non-hydrogen) atoms. The number of aryl methyl sites for hydroxylation is 1. The topological polar surface area (TPSA) is 85.7 Å². The molecule has 1 aromatic heterocycles. The SMILES string of the molecule is COc1cc(/C=C/C(=O)N2CCC(NC(=O)c3cnn(C)c3)CC2)ccc1OC(F)F. The number of rotatable bonds is 7. The van der Waals surface area contributed by atoms with Crippen molar-refractivity contribution in [1.82, 2.24) is 20.0 Å². The van der Waals surface area contributed by atoms with Gasteiger partial charge >= 0.3 is 6.61 Å². The lowest BCUT2D eigenvalue weighted by Gasteiger charge is -2.31. The predicted molar refractivity (Wildman–Crippen MR) is 109 cm³/mol. The van der Waals surface area contributed by atoms with Crippen LogP contribution in [0.2, 0.25) is 0 Å². The van der Waals surface area contributed by atoms with Crippen molar-refractivity contribution in [3.05, 3.63) is 47.8 Å². The number of halogens is 2. The summed E-state index contributed by atoms with van der Waals surface area (Å²) in [6.07, 6.45) is 7.49. The molecule has 2 heterocycles. The summed E-state index contributed by atoms with van der Waals surface area (Å²) in [4.78, 5) is 26.4. The fraction of sp³-hybridized carbons (Fsp3) is 0.381. The van der Waals surface area contributed by atoms with Gasteiger partial charge in [-0.25, -0.2) is 0 Å². The molecule has 1 aliphatic heterocycles. The van der Waals surface area contributed by atoms with Crippen molar-refractivity contribution in [2.75, 3.05) is 20.2 Å². The van der Waals surface area contributed by atoms with Gasteiger partial charge in [-0.3, -0.25) is 14.3 Å². The van der Waals surface area contributed by atoms with E-state index in [4.69, 9.17) is 4.74 Å². The molecule has 1 N–H and O–H groups in total. The van der Waals surface area contributed by atoms with E-state index in [2.05, 4.69) is 15.2 Å². The highest BCUT2D eigenvalue weighted by molar-refractivity contribution is 5.94.